The van der Waals surface area contributed by atoms with Gasteiger partial charge in [-0.15, -0.1) is 0 Å². The average Bonchev–Trinajstić information content (AvgIpc) is 3.06. The summed E-state index contributed by atoms with van der Waals surface area (Å²) in [5.41, 5.74) is 0. The highest BCUT2D eigenvalue weighted by Crippen LogP contribution is 2.33. The van der Waals surface area contributed by atoms with Crippen LogP contribution in [0.15, 0.2) is 0 Å². The number of nitrogens with zero attached hydrogens (tertiary/aromatic N) is 1. The van der Waals surface area contributed by atoms with Crippen LogP contribution in [-0.2, 0) is 4.79 Å². The Balaban J connectivity index is 2.14. The van der Waals surface area contributed by atoms with Gasteiger partial charge in [0.2, 0.25) is 0 Å². The van der Waals surface area contributed by atoms with Crippen molar-refractivity contribution in [3.63, 3.8) is 0 Å². The molecule has 1 fully saturated rings. The number of hydrogen-bond donors (Lipinski definition) is 2. The van der Waals surface area contributed by atoms with E-state index in [0.717, 1.165) is 12.3 Å². The number of hydrogen-bond acceptors (Lipinski definition) is 2. The molecule has 17 heavy (non-hydrogen) atoms. The van der Waals surface area contributed by atoms with Gasteiger partial charge >= 0.3 is 12.0 Å². The fraction of sp³-hybridized carbons (Fsp3) is 0.833. The molecule has 2 N–H and O–H groups in total. The quantitative estimate of drug-likeness (QED) is 0.713. The number of aliphatic carboxylic acids is 1. The Labute approximate surface area is 102 Å². The van der Waals surface area contributed by atoms with E-state index < -0.39 is 5.97 Å². The molecule has 0 bridgehead atoms. The number of carbonyl (C=O) groups is 2. The van der Waals surface area contributed by atoms with Gasteiger partial charge in [0.25, 0.3) is 0 Å². The number of urea groups is 1. The first-order valence-electron chi connectivity index (χ1n) is 6.22. The van der Waals surface area contributed by atoms with Crippen molar-refractivity contribution >= 4 is 12.0 Å². The Morgan fingerprint density at radius 3 is 2.65 bits per heavy atom. The van der Waals surface area contributed by atoms with Crippen molar-refractivity contribution in [3.05, 3.63) is 0 Å². The number of nitrogens with one attached hydrogen (secondary N) is 1. The van der Waals surface area contributed by atoms with E-state index in [1.54, 1.807) is 7.05 Å². The Kier molecular flexibility index (Phi) is 5.25. The summed E-state index contributed by atoms with van der Waals surface area (Å²) in [7, 11) is 1.62. The Hall–Kier alpha value is -1.26. The molecule has 0 spiro atoms. The van der Waals surface area contributed by atoms with E-state index in [9.17, 15) is 9.59 Å². The van der Waals surface area contributed by atoms with Crippen LogP contribution in [0.5, 0.6) is 0 Å². The first-order valence-corrected chi connectivity index (χ1v) is 6.22. The molecule has 0 aromatic carbocycles. The highest BCUT2D eigenvalue weighted by molar-refractivity contribution is 5.75. The van der Waals surface area contributed by atoms with E-state index in [1.807, 2.05) is 6.92 Å². The normalized spacial score (nSPS) is 16.4. The Bertz CT molecular complexity index is 277. The van der Waals surface area contributed by atoms with Crippen molar-refractivity contribution in [2.24, 2.45) is 5.92 Å². The number of amides is 2. The summed E-state index contributed by atoms with van der Waals surface area (Å²) in [6, 6.07) is -0.0232. The fourth-order valence-electron chi connectivity index (χ4n) is 1.65. The maximum absolute atomic E-state index is 11.6. The summed E-state index contributed by atoms with van der Waals surface area (Å²) >= 11 is 0. The highest BCUT2D eigenvalue weighted by Gasteiger charge is 2.22. The molecule has 1 rings (SSSR count). The highest BCUT2D eigenvalue weighted by atomic mass is 16.4. The zero-order chi connectivity index (χ0) is 12.8. The van der Waals surface area contributed by atoms with Crippen molar-refractivity contribution in [2.45, 2.75) is 45.1 Å². The van der Waals surface area contributed by atoms with Gasteiger partial charge in [0, 0.05) is 19.6 Å². The van der Waals surface area contributed by atoms with Crippen molar-refractivity contribution in [1.82, 2.24) is 10.2 Å². The molecule has 98 valence electrons. The Morgan fingerprint density at radius 2 is 2.12 bits per heavy atom. The van der Waals surface area contributed by atoms with Crippen molar-refractivity contribution < 1.29 is 14.7 Å². The zero-order valence-corrected chi connectivity index (χ0v) is 10.6. The topological polar surface area (TPSA) is 69.6 Å². The van der Waals surface area contributed by atoms with Gasteiger partial charge in [0.15, 0.2) is 0 Å². The predicted molar refractivity (Wildman–Crippen MR) is 64.8 cm³/mol. The number of carboxylic acids is 1. The van der Waals surface area contributed by atoms with Gasteiger partial charge in [-0.2, -0.15) is 0 Å². The monoisotopic (exact) mass is 242 g/mol. The maximum atomic E-state index is 11.6. The van der Waals surface area contributed by atoms with Crippen LogP contribution in [0.1, 0.15) is 39.0 Å². The molecule has 1 atom stereocenters. The van der Waals surface area contributed by atoms with E-state index in [0.29, 0.717) is 0 Å². The minimum Gasteiger partial charge on any atom is -0.481 e. The van der Waals surface area contributed by atoms with Gasteiger partial charge in [-0.25, -0.2) is 4.79 Å². The second-order valence-electron chi connectivity index (χ2n) is 4.94. The smallest absolute Gasteiger partial charge is 0.317 e. The van der Waals surface area contributed by atoms with Crippen LogP contribution in [0.25, 0.3) is 0 Å². The van der Waals surface area contributed by atoms with Crippen LogP contribution in [-0.4, -0.2) is 41.6 Å². The first kappa shape index (κ1) is 13.8. The van der Waals surface area contributed by atoms with Crippen LogP contribution in [0.3, 0.4) is 0 Å². The SMILES string of the molecule is CC(CCC1CC1)NC(=O)N(C)CCC(=O)O. The molecule has 1 unspecified atom stereocenters. The van der Waals surface area contributed by atoms with Crippen molar-refractivity contribution in [2.75, 3.05) is 13.6 Å². The molecule has 0 aromatic rings. The summed E-state index contributed by atoms with van der Waals surface area (Å²) in [5.74, 6) is -0.00877. The number of carbonyl (C=O) groups excluding carboxylic acids is 1. The third-order valence-corrected chi connectivity index (χ3v) is 3.08. The van der Waals surface area contributed by atoms with Gasteiger partial charge in [-0.3, -0.25) is 4.79 Å². The van der Waals surface area contributed by atoms with Gasteiger partial charge < -0.3 is 15.3 Å². The number of carboxylic acid groups (broad SMARTS) is 1. The van der Waals surface area contributed by atoms with Crippen LogP contribution in [0.2, 0.25) is 0 Å². The molecule has 0 heterocycles. The number of rotatable bonds is 7. The molecule has 2 amide bonds. The van der Waals surface area contributed by atoms with E-state index in [1.165, 1.54) is 24.2 Å². The Morgan fingerprint density at radius 1 is 1.47 bits per heavy atom. The van der Waals surface area contributed by atoms with Crippen LogP contribution in [0, 0.1) is 5.92 Å². The molecule has 0 aromatic heterocycles. The molecule has 5 heteroatoms. The third-order valence-electron chi connectivity index (χ3n) is 3.08. The van der Waals surface area contributed by atoms with E-state index >= 15 is 0 Å². The van der Waals surface area contributed by atoms with E-state index in [2.05, 4.69) is 5.32 Å². The predicted octanol–water partition coefficient (Wildman–Crippen LogP) is 1.68. The molecular formula is C12H22N2O3. The molecule has 1 aliphatic rings. The molecule has 5 nitrogen and oxygen atoms in total. The standard InChI is InChI=1S/C12H22N2O3/c1-9(3-4-10-5-6-10)13-12(17)14(2)8-7-11(15)16/h9-10H,3-8H2,1-2H3,(H,13,17)(H,15,16). The first-order chi connectivity index (χ1) is 7.99. The summed E-state index contributed by atoms with van der Waals surface area (Å²) in [6.45, 7) is 2.24. The summed E-state index contributed by atoms with van der Waals surface area (Å²) in [6.07, 6.45) is 4.84. The minimum absolute atomic E-state index is 0.0135. The molecule has 0 aliphatic heterocycles. The molecule has 0 radical (unpaired) electrons. The summed E-state index contributed by atoms with van der Waals surface area (Å²) in [4.78, 5) is 23.4. The lowest BCUT2D eigenvalue weighted by Gasteiger charge is -2.20. The lowest BCUT2D eigenvalue weighted by atomic mass is 10.1. The average molecular weight is 242 g/mol. The minimum atomic E-state index is -0.883. The lowest BCUT2D eigenvalue weighted by molar-refractivity contribution is -0.137. The van der Waals surface area contributed by atoms with Gasteiger partial charge in [-0.1, -0.05) is 12.8 Å². The molecular weight excluding hydrogens is 220 g/mol. The molecule has 0 saturated heterocycles. The van der Waals surface area contributed by atoms with Gasteiger partial charge in [0.1, 0.15) is 0 Å². The molecule has 1 aliphatic carbocycles. The fourth-order valence-corrected chi connectivity index (χ4v) is 1.65. The summed E-state index contributed by atoms with van der Waals surface area (Å²) in [5, 5.41) is 11.4. The van der Waals surface area contributed by atoms with Crippen LogP contribution >= 0.6 is 0 Å². The van der Waals surface area contributed by atoms with Crippen LogP contribution in [0.4, 0.5) is 4.79 Å². The van der Waals surface area contributed by atoms with E-state index in [-0.39, 0.29) is 25.0 Å². The maximum Gasteiger partial charge on any atom is 0.317 e. The van der Waals surface area contributed by atoms with Gasteiger partial charge in [0.05, 0.1) is 6.42 Å². The third kappa shape index (κ3) is 6.14. The molecule has 1 saturated carbocycles. The van der Waals surface area contributed by atoms with E-state index in [4.69, 9.17) is 5.11 Å². The summed E-state index contributed by atoms with van der Waals surface area (Å²) < 4.78 is 0. The zero-order valence-electron chi connectivity index (χ0n) is 10.6. The largest absolute Gasteiger partial charge is 0.481 e. The second kappa shape index (κ2) is 6.47. The van der Waals surface area contributed by atoms with Crippen molar-refractivity contribution in [3.8, 4) is 0 Å². The second-order valence-corrected chi connectivity index (χ2v) is 4.94. The van der Waals surface area contributed by atoms with Gasteiger partial charge in [-0.05, 0) is 25.7 Å². The van der Waals surface area contributed by atoms with Crippen LogP contribution < -0.4 is 5.32 Å². The lowest BCUT2D eigenvalue weighted by Crippen LogP contribution is -2.42. The van der Waals surface area contributed by atoms with Crippen molar-refractivity contribution in [1.29, 1.82) is 0 Å².